The molecular formula is C23H30N2O2. The molecule has 1 fully saturated rings. The standard InChI is InChI=1S/C23H30N2O2/c1-2-3-7-20-16-19(23(24)26)14-15-25(20)17-18-10-12-22(13-11-18)27-21-8-5-4-6-9-21/h4-6,8-13,19-20H,2-3,7,14-17H2,1H3,(H2,24,26). The molecule has 2 N–H and O–H groups in total. The molecule has 0 radical (unpaired) electrons. The summed E-state index contributed by atoms with van der Waals surface area (Å²) in [6.07, 6.45) is 5.26. The predicted octanol–water partition coefficient (Wildman–Crippen LogP) is 4.74. The van der Waals surface area contributed by atoms with E-state index in [1.807, 2.05) is 42.5 Å². The Labute approximate surface area is 162 Å². The Hall–Kier alpha value is -2.33. The van der Waals surface area contributed by atoms with Crippen molar-refractivity contribution in [2.75, 3.05) is 6.54 Å². The maximum Gasteiger partial charge on any atom is 0.220 e. The van der Waals surface area contributed by atoms with E-state index in [9.17, 15) is 4.79 Å². The number of hydrogen-bond donors (Lipinski definition) is 1. The second-order valence-electron chi connectivity index (χ2n) is 7.45. The molecule has 27 heavy (non-hydrogen) atoms. The minimum Gasteiger partial charge on any atom is -0.457 e. The molecule has 3 rings (SSSR count). The summed E-state index contributed by atoms with van der Waals surface area (Å²) in [5.41, 5.74) is 6.84. The van der Waals surface area contributed by atoms with Crippen LogP contribution >= 0.6 is 0 Å². The summed E-state index contributed by atoms with van der Waals surface area (Å²) < 4.78 is 5.87. The van der Waals surface area contributed by atoms with Crippen molar-refractivity contribution >= 4 is 5.91 Å². The van der Waals surface area contributed by atoms with Crippen molar-refractivity contribution in [3.05, 3.63) is 60.2 Å². The molecule has 0 bridgehead atoms. The average molecular weight is 367 g/mol. The number of amides is 1. The van der Waals surface area contributed by atoms with Gasteiger partial charge in [-0.2, -0.15) is 0 Å². The highest BCUT2D eigenvalue weighted by atomic mass is 16.5. The van der Waals surface area contributed by atoms with Crippen LogP contribution in [-0.2, 0) is 11.3 Å². The lowest BCUT2D eigenvalue weighted by atomic mass is 9.87. The highest BCUT2D eigenvalue weighted by molar-refractivity contribution is 5.76. The molecule has 1 aliphatic heterocycles. The third kappa shape index (κ3) is 5.57. The number of unbranched alkanes of at least 4 members (excludes halogenated alkanes) is 1. The zero-order valence-corrected chi connectivity index (χ0v) is 16.1. The predicted molar refractivity (Wildman–Crippen MR) is 109 cm³/mol. The quantitative estimate of drug-likeness (QED) is 0.734. The molecule has 0 saturated carbocycles. The van der Waals surface area contributed by atoms with Crippen molar-refractivity contribution in [3.8, 4) is 11.5 Å². The fourth-order valence-electron chi connectivity index (χ4n) is 3.83. The monoisotopic (exact) mass is 366 g/mol. The number of hydrogen-bond acceptors (Lipinski definition) is 3. The average Bonchev–Trinajstić information content (AvgIpc) is 2.69. The van der Waals surface area contributed by atoms with E-state index in [4.69, 9.17) is 10.5 Å². The zero-order valence-electron chi connectivity index (χ0n) is 16.1. The number of carbonyl (C=O) groups excluding carboxylic acids is 1. The summed E-state index contributed by atoms with van der Waals surface area (Å²) in [5.74, 6) is 1.58. The van der Waals surface area contributed by atoms with Gasteiger partial charge in [-0.1, -0.05) is 50.1 Å². The number of primary amides is 1. The van der Waals surface area contributed by atoms with E-state index in [1.54, 1.807) is 0 Å². The molecule has 1 amide bonds. The Bertz CT molecular complexity index is 715. The van der Waals surface area contributed by atoms with Crippen molar-refractivity contribution in [2.45, 2.75) is 51.6 Å². The first kappa shape index (κ1) is 19.4. The summed E-state index contributed by atoms with van der Waals surface area (Å²) in [6, 6.07) is 18.6. The Morgan fingerprint density at radius 3 is 2.48 bits per heavy atom. The van der Waals surface area contributed by atoms with E-state index in [1.165, 1.54) is 18.4 Å². The highest BCUT2D eigenvalue weighted by Gasteiger charge is 2.30. The van der Waals surface area contributed by atoms with Gasteiger partial charge in [-0.3, -0.25) is 9.69 Å². The van der Waals surface area contributed by atoms with E-state index < -0.39 is 0 Å². The topological polar surface area (TPSA) is 55.6 Å². The minimum atomic E-state index is -0.140. The molecule has 4 heteroatoms. The Balaban J connectivity index is 1.61. The molecule has 0 aliphatic carbocycles. The van der Waals surface area contributed by atoms with Crippen molar-refractivity contribution in [1.82, 2.24) is 4.90 Å². The smallest absolute Gasteiger partial charge is 0.220 e. The largest absolute Gasteiger partial charge is 0.457 e. The van der Waals surface area contributed by atoms with Crippen LogP contribution < -0.4 is 10.5 Å². The summed E-state index contributed by atoms with van der Waals surface area (Å²) in [4.78, 5) is 14.1. The maximum absolute atomic E-state index is 11.6. The Morgan fingerprint density at radius 1 is 1.11 bits per heavy atom. The molecule has 2 aromatic carbocycles. The van der Waals surface area contributed by atoms with Gasteiger partial charge in [0.15, 0.2) is 0 Å². The first-order valence-corrected chi connectivity index (χ1v) is 10.0. The molecule has 144 valence electrons. The molecular weight excluding hydrogens is 336 g/mol. The molecule has 2 unspecified atom stereocenters. The van der Waals surface area contributed by atoms with Crippen LogP contribution in [0.5, 0.6) is 11.5 Å². The first-order chi connectivity index (χ1) is 13.2. The maximum atomic E-state index is 11.6. The molecule has 0 spiro atoms. The Morgan fingerprint density at radius 2 is 1.81 bits per heavy atom. The zero-order chi connectivity index (χ0) is 19.1. The van der Waals surface area contributed by atoms with Gasteiger partial charge in [-0.05, 0) is 55.6 Å². The Kier molecular flexibility index (Phi) is 6.88. The van der Waals surface area contributed by atoms with Crippen molar-refractivity contribution < 1.29 is 9.53 Å². The number of likely N-dealkylation sites (tertiary alicyclic amines) is 1. The van der Waals surface area contributed by atoms with E-state index in [2.05, 4.69) is 24.0 Å². The fourth-order valence-corrected chi connectivity index (χ4v) is 3.83. The van der Waals surface area contributed by atoms with E-state index in [-0.39, 0.29) is 11.8 Å². The van der Waals surface area contributed by atoms with Gasteiger partial charge in [0.1, 0.15) is 11.5 Å². The van der Waals surface area contributed by atoms with Gasteiger partial charge in [0.25, 0.3) is 0 Å². The number of para-hydroxylation sites is 1. The van der Waals surface area contributed by atoms with Gasteiger partial charge >= 0.3 is 0 Å². The molecule has 1 aliphatic rings. The number of piperidine rings is 1. The number of benzene rings is 2. The van der Waals surface area contributed by atoms with Crippen LogP contribution in [0.1, 0.15) is 44.6 Å². The summed E-state index contributed by atoms with van der Waals surface area (Å²) >= 11 is 0. The minimum absolute atomic E-state index is 0.0322. The van der Waals surface area contributed by atoms with Crippen LogP contribution in [0.2, 0.25) is 0 Å². The van der Waals surface area contributed by atoms with E-state index in [0.29, 0.717) is 6.04 Å². The lowest BCUT2D eigenvalue weighted by Gasteiger charge is -2.39. The van der Waals surface area contributed by atoms with E-state index in [0.717, 1.165) is 43.9 Å². The molecule has 2 atom stereocenters. The summed E-state index contributed by atoms with van der Waals surface area (Å²) in [7, 11) is 0. The van der Waals surface area contributed by atoms with Crippen molar-refractivity contribution in [1.29, 1.82) is 0 Å². The van der Waals surface area contributed by atoms with Crippen LogP contribution in [0.4, 0.5) is 0 Å². The van der Waals surface area contributed by atoms with Crippen LogP contribution in [0, 0.1) is 5.92 Å². The third-order valence-corrected chi connectivity index (χ3v) is 5.42. The number of rotatable bonds is 8. The molecule has 1 heterocycles. The second-order valence-corrected chi connectivity index (χ2v) is 7.45. The third-order valence-electron chi connectivity index (χ3n) is 5.42. The number of nitrogens with zero attached hydrogens (tertiary/aromatic N) is 1. The van der Waals surface area contributed by atoms with Crippen molar-refractivity contribution in [3.63, 3.8) is 0 Å². The van der Waals surface area contributed by atoms with Gasteiger partial charge in [0.05, 0.1) is 0 Å². The molecule has 1 saturated heterocycles. The summed E-state index contributed by atoms with van der Waals surface area (Å²) in [5, 5.41) is 0. The van der Waals surface area contributed by atoms with Crippen molar-refractivity contribution in [2.24, 2.45) is 11.7 Å². The first-order valence-electron chi connectivity index (χ1n) is 10.0. The fraction of sp³-hybridized carbons (Fsp3) is 0.435. The van der Waals surface area contributed by atoms with Gasteiger partial charge in [-0.25, -0.2) is 0 Å². The van der Waals surface area contributed by atoms with Crippen LogP contribution in [0.3, 0.4) is 0 Å². The van der Waals surface area contributed by atoms with Gasteiger partial charge in [-0.15, -0.1) is 0 Å². The number of ether oxygens (including phenoxy) is 1. The van der Waals surface area contributed by atoms with Gasteiger partial charge < -0.3 is 10.5 Å². The molecule has 4 nitrogen and oxygen atoms in total. The molecule has 2 aromatic rings. The molecule has 0 aromatic heterocycles. The lowest BCUT2D eigenvalue weighted by molar-refractivity contribution is -0.124. The second kappa shape index (κ2) is 9.56. The van der Waals surface area contributed by atoms with Gasteiger partial charge in [0, 0.05) is 18.5 Å². The number of carbonyl (C=O) groups is 1. The highest BCUT2D eigenvalue weighted by Crippen LogP contribution is 2.28. The SMILES string of the molecule is CCCCC1CC(C(N)=O)CCN1Cc1ccc(Oc2ccccc2)cc1. The summed E-state index contributed by atoms with van der Waals surface area (Å²) in [6.45, 7) is 4.06. The van der Waals surface area contributed by atoms with Crippen LogP contribution in [0.25, 0.3) is 0 Å². The lowest BCUT2D eigenvalue weighted by Crippen LogP contribution is -2.45. The normalized spacial score (nSPS) is 20.3. The number of nitrogens with two attached hydrogens (primary N) is 1. The van der Waals surface area contributed by atoms with Crippen LogP contribution in [0.15, 0.2) is 54.6 Å². The van der Waals surface area contributed by atoms with Gasteiger partial charge in [0.2, 0.25) is 5.91 Å². The van der Waals surface area contributed by atoms with E-state index >= 15 is 0 Å². The van der Waals surface area contributed by atoms with Crippen LogP contribution in [-0.4, -0.2) is 23.4 Å².